The van der Waals surface area contributed by atoms with Crippen molar-refractivity contribution in [2.24, 2.45) is 0 Å². The molecular formula is C8H18NO2S. The van der Waals surface area contributed by atoms with Crippen molar-refractivity contribution in [2.45, 2.75) is 51.2 Å². The first-order valence-corrected chi connectivity index (χ1v) is 6.05. The van der Waals surface area contributed by atoms with Gasteiger partial charge in [0.1, 0.15) is 0 Å². The molecule has 0 amide bonds. The monoisotopic (exact) mass is 192 g/mol. The zero-order chi connectivity index (χ0) is 9.61. The zero-order valence-electron chi connectivity index (χ0n) is 7.84. The maximum absolute atomic E-state index is 10.8. The van der Waals surface area contributed by atoms with E-state index in [4.69, 9.17) is 5.14 Å². The maximum Gasteiger partial charge on any atom is 0.228 e. The van der Waals surface area contributed by atoms with E-state index in [-0.39, 0.29) is 0 Å². The summed E-state index contributed by atoms with van der Waals surface area (Å²) in [6, 6.07) is 0. The van der Waals surface area contributed by atoms with Crippen LogP contribution in [0.2, 0.25) is 0 Å². The van der Waals surface area contributed by atoms with Crippen LogP contribution in [0.1, 0.15) is 46.0 Å². The minimum atomic E-state index is -3.55. The van der Waals surface area contributed by atoms with E-state index in [0.29, 0.717) is 12.8 Å². The van der Waals surface area contributed by atoms with Crippen LogP contribution < -0.4 is 5.14 Å². The second-order valence-corrected chi connectivity index (χ2v) is 4.83. The Morgan fingerprint density at radius 1 is 1.25 bits per heavy atom. The lowest BCUT2D eigenvalue weighted by atomic mass is 10.1. The Balaban J connectivity index is 3.85. The molecule has 0 fully saturated rings. The van der Waals surface area contributed by atoms with Gasteiger partial charge in [-0.05, 0) is 12.8 Å². The van der Waals surface area contributed by atoms with Crippen LogP contribution in [0.5, 0.6) is 0 Å². The molecule has 1 radical (unpaired) electrons. The summed E-state index contributed by atoms with van der Waals surface area (Å²) in [5, 5.41) is 6.46. The van der Waals surface area contributed by atoms with Gasteiger partial charge in [-0.2, -0.15) is 0 Å². The van der Waals surface area contributed by atoms with Crippen LogP contribution in [-0.4, -0.2) is 13.7 Å². The van der Waals surface area contributed by atoms with Gasteiger partial charge in [-0.3, -0.25) is 0 Å². The molecule has 0 saturated carbocycles. The summed E-state index contributed by atoms with van der Waals surface area (Å²) in [4.78, 5) is 0. The van der Waals surface area contributed by atoms with Gasteiger partial charge in [0.15, 0.2) is 0 Å². The zero-order valence-corrected chi connectivity index (χ0v) is 8.65. The molecule has 0 rings (SSSR count). The lowest BCUT2D eigenvalue weighted by Crippen LogP contribution is -2.20. The second kappa shape index (κ2) is 5.54. The van der Waals surface area contributed by atoms with Crippen molar-refractivity contribution in [3.05, 3.63) is 0 Å². The van der Waals surface area contributed by atoms with Crippen molar-refractivity contribution in [1.29, 1.82) is 0 Å². The molecule has 0 aliphatic carbocycles. The van der Waals surface area contributed by atoms with Gasteiger partial charge >= 0.3 is 0 Å². The molecule has 0 aliphatic heterocycles. The third-order valence-corrected chi connectivity index (χ3v) is 3.47. The highest BCUT2D eigenvalue weighted by atomic mass is 32.2. The summed E-state index contributed by atoms with van der Waals surface area (Å²) in [5.41, 5.74) is 0. The molecule has 0 aromatic heterocycles. The summed E-state index contributed by atoms with van der Waals surface area (Å²) in [6.45, 7) is 3.90. The van der Waals surface area contributed by atoms with E-state index in [1.165, 1.54) is 0 Å². The van der Waals surface area contributed by atoms with Gasteiger partial charge in [-0.1, -0.05) is 33.1 Å². The Hall–Kier alpha value is -0.0900. The summed E-state index contributed by atoms with van der Waals surface area (Å²) in [6.07, 6.45) is 4.29. The van der Waals surface area contributed by atoms with Crippen molar-refractivity contribution >= 4 is 10.0 Å². The highest BCUT2D eigenvalue weighted by Gasteiger charge is 2.18. The number of nitrogens with one attached hydrogen (secondary N) is 1. The molecule has 4 heteroatoms. The SMILES string of the molecule is CCCCCC(CC)S([NH])(=O)=O. The molecule has 1 atom stereocenters. The largest absolute Gasteiger partial charge is 0.228 e. The molecule has 1 N–H and O–H groups in total. The molecule has 3 nitrogen and oxygen atoms in total. The molecule has 0 heterocycles. The fourth-order valence-corrected chi connectivity index (χ4v) is 2.12. The predicted octanol–water partition coefficient (Wildman–Crippen LogP) is 1.96. The minimum absolute atomic E-state index is 0.441. The molecule has 0 saturated heterocycles. The van der Waals surface area contributed by atoms with Crippen molar-refractivity contribution in [2.75, 3.05) is 0 Å². The molecule has 0 aromatic rings. The predicted molar refractivity (Wildman–Crippen MR) is 50.2 cm³/mol. The highest BCUT2D eigenvalue weighted by Crippen LogP contribution is 2.12. The number of sulfonamides is 1. The lowest BCUT2D eigenvalue weighted by Gasteiger charge is -2.10. The van der Waals surface area contributed by atoms with Crippen molar-refractivity contribution < 1.29 is 8.42 Å². The van der Waals surface area contributed by atoms with Crippen LogP contribution in [-0.2, 0) is 10.0 Å². The Morgan fingerprint density at radius 2 is 1.83 bits per heavy atom. The van der Waals surface area contributed by atoms with Gasteiger partial charge in [0, 0.05) is 0 Å². The molecular weight excluding hydrogens is 174 g/mol. The number of unbranched alkanes of at least 4 members (excludes halogenated alkanes) is 2. The molecule has 73 valence electrons. The Bertz CT molecular complexity index is 199. The van der Waals surface area contributed by atoms with Crippen molar-refractivity contribution in [3.8, 4) is 0 Å². The van der Waals surface area contributed by atoms with Gasteiger partial charge in [0.2, 0.25) is 10.0 Å². The smallest absolute Gasteiger partial charge is 0.211 e. The van der Waals surface area contributed by atoms with Crippen LogP contribution in [0.3, 0.4) is 0 Å². The van der Waals surface area contributed by atoms with Crippen LogP contribution in [0.15, 0.2) is 0 Å². The number of hydrogen-bond donors (Lipinski definition) is 0. The minimum Gasteiger partial charge on any atom is -0.211 e. The summed E-state index contributed by atoms with van der Waals surface area (Å²) in [7, 11) is -3.55. The van der Waals surface area contributed by atoms with Crippen LogP contribution in [0.4, 0.5) is 0 Å². The van der Waals surface area contributed by atoms with E-state index in [1.54, 1.807) is 0 Å². The third kappa shape index (κ3) is 4.72. The molecule has 0 aromatic carbocycles. The van der Waals surface area contributed by atoms with Gasteiger partial charge in [-0.25, -0.2) is 8.42 Å². The Kier molecular flexibility index (Phi) is 5.50. The molecule has 12 heavy (non-hydrogen) atoms. The van der Waals surface area contributed by atoms with Gasteiger partial charge < -0.3 is 0 Å². The Morgan fingerprint density at radius 3 is 2.17 bits per heavy atom. The fraction of sp³-hybridized carbons (Fsp3) is 1.00. The average molecular weight is 192 g/mol. The second-order valence-electron chi connectivity index (χ2n) is 3.07. The van der Waals surface area contributed by atoms with E-state index >= 15 is 0 Å². The van der Waals surface area contributed by atoms with Crippen molar-refractivity contribution in [3.63, 3.8) is 0 Å². The highest BCUT2D eigenvalue weighted by molar-refractivity contribution is 7.89. The summed E-state index contributed by atoms with van der Waals surface area (Å²) in [5.74, 6) is 0. The topological polar surface area (TPSA) is 57.9 Å². The van der Waals surface area contributed by atoms with E-state index in [2.05, 4.69) is 6.92 Å². The molecule has 0 spiro atoms. The van der Waals surface area contributed by atoms with Crippen molar-refractivity contribution in [1.82, 2.24) is 5.14 Å². The fourth-order valence-electron chi connectivity index (χ4n) is 1.20. The normalized spacial score (nSPS) is 14.6. The standard InChI is InChI=1S/C8H18NO2S/c1-3-5-6-7-8(4-2)12(9,10)11/h8-9H,3-7H2,1-2H3. The first kappa shape index (κ1) is 11.9. The third-order valence-electron chi connectivity index (χ3n) is 2.02. The summed E-state index contributed by atoms with van der Waals surface area (Å²) < 4.78 is 21.6. The molecule has 0 aliphatic rings. The van der Waals surface area contributed by atoms with Crippen LogP contribution in [0, 0.1) is 0 Å². The van der Waals surface area contributed by atoms with Gasteiger partial charge in [-0.15, -0.1) is 5.14 Å². The molecule has 1 unspecified atom stereocenters. The Labute approximate surface area is 75.4 Å². The number of hydrogen-bond acceptors (Lipinski definition) is 2. The van der Waals surface area contributed by atoms with E-state index in [0.717, 1.165) is 19.3 Å². The van der Waals surface area contributed by atoms with E-state index < -0.39 is 15.3 Å². The first-order valence-electron chi connectivity index (χ1n) is 4.50. The van der Waals surface area contributed by atoms with Gasteiger partial charge in [0.05, 0.1) is 5.25 Å². The quantitative estimate of drug-likeness (QED) is 0.604. The molecule has 0 bridgehead atoms. The van der Waals surface area contributed by atoms with Crippen LogP contribution in [0.25, 0.3) is 0 Å². The van der Waals surface area contributed by atoms with E-state index in [9.17, 15) is 8.42 Å². The average Bonchev–Trinajstić information content (AvgIpc) is 1.95. The maximum atomic E-state index is 10.8. The van der Waals surface area contributed by atoms with Crippen LogP contribution >= 0.6 is 0 Å². The van der Waals surface area contributed by atoms with E-state index in [1.807, 2.05) is 6.92 Å². The lowest BCUT2D eigenvalue weighted by molar-refractivity contribution is 0.552. The van der Waals surface area contributed by atoms with Gasteiger partial charge in [0.25, 0.3) is 0 Å². The number of rotatable bonds is 6. The summed E-state index contributed by atoms with van der Waals surface area (Å²) >= 11 is 0. The first-order chi connectivity index (χ1) is 5.52.